The summed E-state index contributed by atoms with van der Waals surface area (Å²) in [5.41, 5.74) is 5.04. The standard InChI is InChI=1S/C4H15NO3Si2.2CH4/c1-9(2)8-10(3)7-6-4-5;;/h9-10H,4-5H2,1-3H3;2*1H4. The zero-order valence-electron chi connectivity index (χ0n) is 6.66. The number of hydrogen-bond acceptors (Lipinski definition) is 4. The van der Waals surface area contributed by atoms with Crippen LogP contribution in [0.5, 0.6) is 0 Å². The van der Waals surface area contributed by atoms with E-state index in [4.69, 9.17) is 14.4 Å². The summed E-state index contributed by atoms with van der Waals surface area (Å²) in [6, 6.07) is 0. The van der Waals surface area contributed by atoms with Gasteiger partial charge >= 0.3 is 9.28 Å². The van der Waals surface area contributed by atoms with Gasteiger partial charge in [-0.25, -0.2) is 4.89 Å². The Labute approximate surface area is 79.5 Å². The van der Waals surface area contributed by atoms with Gasteiger partial charge in [0.15, 0.2) is 9.04 Å². The molecule has 6 heteroatoms. The largest absolute Gasteiger partial charge is 0.440 e. The third kappa shape index (κ3) is 12.9. The Morgan fingerprint density at radius 3 is 2.00 bits per heavy atom. The van der Waals surface area contributed by atoms with Gasteiger partial charge in [0.25, 0.3) is 0 Å². The molecule has 0 amide bonds. The van der Waals surface area contributed by atoms with Crippen molar-refractivity contribution in [1.29, 1.82) is 0 Å². The van der Waals surface area contributed by atoms with E-state index in [-0.39, 0.29) is 21.6 Å². The molecule has 0 aliphatic carbocycles. The molecule has 2 N–H and O–H groups in total. The second-order valence-electron chi connectivity index (χ2n) is 2.13. The van der Waals surface area contributed by atoms with Crippen LogP contribution < -0.4 is 5.73 Å². The van der Waals surface area contributed by atoms with Crippen LogP contribution in [0.25, 0.3) is 0 Å². The summed E-state index contributed by atoms with van der Waals surface area (Å²) >= 11 is 0. The first-order valence-electron chi connectivity index (χ1n) is 3.30. The Balaban J connectivity index is -0.000000405. The van der Waals surface area contributed by atoms with Crippen molar-refractivity contribution >= 4 is 18.3 Å². The van der Waals surface area contributed by atoms with E-state index in [1.54, 1.807) is 0 Å². The lowest BCUT2D eigenvalue weighted by Gasteiger charge is -2.12. The fraction of sp³-hybridized carbons (Fsp3) is 1.00. The smallest absolute Gasteiger partial charge is 0.347 e. The fourth-order valence-corrected chi connectivity index (χ4v) is 4.06. The van der Waals surface area contributed by atoms with Gasteiger partial charge in [0.05, 0.1) is 0 Å². The third-order valence-electron chi connectivity index (χ3n) is 0.735. The molecule has 0 bridgehead atoms. The molecule has 78 valence electrons. The molecule has 1 unspecified atom stereocenters. The highest BCUT2D eigenvalue weighted by Gasteiger charge is 2.08. The highest BCUT2D eigenvalue weighted by atomic mass is 28.4. The van der Waals surface area contributed by atoms with Crippen molar-refractivity contribution in [3.63, 3.8) is 0 Å². The Bertz CT molecular complexity index is 85.2. The molecule has 0 aromatic carbocycles. The lowest BCUT2D eigenvalue weighted by atomic mass is 11.4. The third-order valence-corrected chi connectivity index (χ3v) is 4.85. The van der Waals surface area contributed by atoms with Gasteiger partial charge in [-0.15, -0.1) is 0 Å². The van der Waals surface area contributed by atoms with Crippen molar-refractivity contribution in [2.24, 2.45) is 5.73 Å². The van der Waals surface area contributed by atoms with Crippen LogP contribution in [-0.2, 0) is 13.6 Å². The number of hydrogen-bond donors (Lipinski definition) is 1. The zero-order chi connectivity index (χ0) is 7.98. The predicted molar refractivity (Wildman–Crippen MR) is 57.7 cm³/mol. The lowest BCUT2D eigenvalue weighted by molar-refractivity contribution is -0.219. The van der Waals surface area contributed by atoms with Crippen molar-refractivity contribution in [3.8, 4) is 0 Å². The summed E-state index contributed by atoms with van der Waals surface area (Å²) in [6.45, 7) is 6.20. The maximum atomic E-state index is 5.43. The molecule has 0 heterocycles. The van der Waals surface area contributed by atoms with Crippen LogP contribution in [-0.4, -0.2) is 25.1 Å². The SMILES string of the molecule is C.C.C[SiH](C)O[SiH](C)OOCN. The second kappa shape index (κ2) is 11.3. The van der Waals surface area contributed by atoms with Gasteiger partial charge in [-0.05, 0) is 19.6 Å². The van der Waals surface area contributed by atoms with Crippen LogP contribution in [0.4, 0.5) is 0 Å². The molecule has 0 rings (SSSR count). The normalized spacial score (nSPS) is 11.8. The molecule has 12 heavy (non-hydrogen) atoms. The van der Waals surface area contributed by atoms with Gasteiger partial charge in [-0.3, -0.25) is 4.58 Å². The maximum absolute atomic E-state index is 5.43. The van der Waals surface area contributed by atoms with E-state index >= 15 is 0 Å². The van der Waals surface area contributed by atoms with Crippen LogP contribution >= 0.6 is 0 Å². The van der Waals surface area contributed by atoms with Crippen LogP contribution in [0.3, 0.4) is 0 Å². The van der Waals surface area contributed by atoms with Gasteiger partial charge in [0, 0.05) is 0 Å². The Hall–Kier alpha value is 0.274. The highest BCUT2D eigenvalue weighted by molar-refractivity contribution is 6.60. The van der Waals surface area contributed by atoms with Crippen molar-refractivity contribution in [3.05, 3.63) is 0 Å². The van der Waals surface area contributed by atoms with Crippen LogP contribution in [0.15, 0.2) is 0 Å². The summed E-state index contributed by atoms with van der Waals surface area (Å²) < 4.78 is 10.3. The highest BCUT2D eigenvalue weighted by Crippen LogP contribution is 1.92. The second-order valence-corrected chi connectivity index (χ2v) is 6.65. The summed E-state index contributed by atoms with van der Waals surface area (Å²) in [5.74, 6) is 0. The lowest BCUT2D eigenvalue weighted by Crippen LogP contribution is -2.26. The molecule has 0 aromatic heterocycles. The molecule has 0 saturated heterocycles. The number of rotatable bonds is 5. The average molecular weight is 213 g/mol. The average Bonchev–Trinajstić information content (AvgIpc) is 1.82. The van der Waals surface area contributed by atoms with Gasteiger partial charge < -0.3 is 9.85 Å². The quantitative estimate of drug-likeness (QED) is 0.320. The Morgan fingerprint density at radius 1 is 1.17 bits per heavy atom. The van der Waals surface area contributed by atoms with E-state index in [1.807, 2.05) is 6.55 Å². The molecule has 0 fully saturated rings. The molecule has 4 nitrogen and oxygen atoms in total. The minimum atomic E-state index is -1.52. The minimum absolute atomic E-state index is 0. The van der Waals surface area contributed by atoms with E-state index < -0.39 is 18.3 Å². The summed E-state index contributed by atoms with van der Waals surface area (Å²) in [7, 11) is -2.47. The summed E-state index contributed by atoms with van der Waals surface area (Å²) in [4.78, 5) is 4.53. The van der Waals surface area contributed by atoms with Gasteiger partial charge in [0.1, 0.15) is 6.73 Å². The zero-order valence-corrected chi connectivity index (χ0v) is 8.97. The van der Waals surface area contributed by atoms with Crippen molar-refractivity contribution < 1.29 is 13.6 Å². The fourth-order valence-electron chi connectivity index (χ4n) is 0.541. The van der Waals surface area contributed by atoms with E-state index in [0.717, 1.165) is 0 Å². The molecule has 0 aliphatic heterocycles. The molecule has 0 radical (unpaired) electrons. The Kier molecular flexibility index (Phi) is 17.0. The Morgan fingerprint density at radius 2 is 1.67 bits per heavy atom. The van der Waals surface area contributed by atoms with Crippen molar-refractivity contribution in [2.75, 3.05) is 6.73 Å². The number of nitrogens with two attached hydrogens (primary N) is 1. The van der Waals surface area contributed by atoms with E-state index in [2.05, 4.69) is 18.0 Å². The van der Waals surface area contributed by atoms with Gasteiger partial charge in [0.2, 0.25) is 0 Å². The first-order valence-corrected chi connectivity index (χ1v) is 8.18. The maximum Gasteiger partial charge on any atom is 0.347 e. The van der Waals surface area contributed by atoms with Crippen molar-refractivity contribution in [1.82, 2.24) is 0 Å². The molecule has 0 saturated carbocycles. The van der Waals surface area contributed by atoms with E-state index in [1.165, 1.54) is 0 Å². The van der Waals surface area contributed by atoms with Crippen LogP contribution in [0.1, 0.15) is 14.9 Å². The summed E-state index contributed by atoms with van der Waals surface area (Å²) in [5, 5.41) is 0. The molecule has 0 spiro atoms. The topological polar surface area (TPSA) is 53.7 Å². The first kappa shape index (κ1) is 18.1. The van der Waals surface area contributed by atoms with Gasteiger partial charge in [-0.1, -0.05) is 14.9 Å². The van der Waals surface area contributed by atoms with Crippen molar-refractivity contribution in [2.45, 2.75) is 34.5 Å². The molecule has 1 atom stereocenters. The van der Waals surface area contributed by atoms with Crippen LogP contribution in [0.2, 0.25) is 19.6 Å². The monoisotopic (exact) mass is 213 g/mol. The van der Waals surface area contributed by atoms with Gasteiger partial charge in [-0.2, -0.15) is 0 Å². The van der Waals surface area contributed by atoms with Crippen LogP contribution in [0, 0.1) is 0 Å². The molecular formula is C6H23NO3Si2. The molecular weight excluding hydrogens is 190 g/mol. The molecule has 0 aromatic rings. The van der Waals surface area contributed by atoms with E-state index in [0.29, 0.717) is 0 Å². The molecule has 0 aliphatic rings. The predicted octanol–water partition coefficient (Wildman–Crippen LogP) is 0.973. The minimum Gasteiger partial charge on any atom is -0.440 e. The summed E-state index contributed by atoms with van der Waals surface area (Å²) in [6.07, 6.45) is 0. The first-order chi connectivity index (χ1) is 4.66. The van der Waals surface area contributed by atoms with E-state index in [9.17, 15) is 0 Å².